The molecular weight excluding hydrogens is 1350 g/mol. The minimum atomic E-state index is -5.01. The number of rotatable bonds is 73. The molecule has 0 aliphatic carbocycles. The maximum Gasteiger partial charge on any atom is 0.472 e. The predicted molar refractivity (Wildman–Crippen MR) is 427 cm³/mol. The van der Waals surface area contributed by atoms with Gasteiger partial charge in [0.1, 0.15) is 19.3 Å². The molecule has 592 valence electrons. The highest BCUT2D eigenvalue weighted by atomic mass is 31.2. The van der Waals surface area contributed by atoms with E-state index in [1.165, 1.54) is 32.1 Å². The van der Waals surface area contributed by atoms with Crippen LogP contribution in [0.15, 0.2) is 158 Å². The second-order valence-corrected chi connectivity index (χ2v) is 28.8. The van der Waals surface area contributed by atoms with E-state index in [0.717, 1.165) is 180 Å². The molecule has 0 saturated heterocycles. The number of hydrogen-bond donors (Lipinski definition) is 3. The molecular formula is C85H140O17P2. The number of aliphatic hydroxyl groups excluding tert-OH is 1. The third kappa shape index (κ3) is 74.9. The van der Waals surface area contributed by atoms with E-state index in [1.54, 1.807) is 0 Å². The van der Waals surface area contributed by atoms with Crippen LogP contribution in [0.5, 0.6) is 0 Å². The van der Waals surface area contributed by atoms with Gasteiger partial charge >= 0.3 is 39.5 Å². The first-order chi connectivity index (χ1) is 50.7. The molecule has 0 aromatic rings. The number of esters is 4. The van der Waals surface area contributed by atoms with Crippen LogP contribution in [0.25, 0.3) is 0 Å². The average molecular weight is 1500 g/mol. The Kier molecular flexibility index (Phi) is 72.0. The molecule has 104 heavy (non-hydrogen) atoms. The van der Waals surface area contributed by atoms with Crippen molar-refractivity contribution in [2.24, 2.45) is 0 Å². The summed E-state index contributed by atoms with van der Waals surface area (Å²) >= 11 is 0. The summed E-state index contributed by atoms with van der Waals surface area (Å²) < 4.78 is 68.5. The quantitative estimate of drug-likeness (QED) is 0.0169. The van der Waals surface area contributed by atoms with Gasteiger partial charge in [-0.15, -0.1) is 0 Å². The lowest BCUT2D eigenvalue weighted by Gasteiger charge is -2.21. The van der Waals surface area contributed by atoms with E-state index in [0.29, 0.717) is 32.1 Å². The van der Waals surface area contributed by atoms with Crippen LogP contribution in [0.2, 0.25) is 0 Å². The number of phosphoric acid groups is 2. The van der Waals surface area contributed by atoms with Crippen molar-refractivity contribution in [3.8, 4) is 0 Å². The highest BCUT2D eigenvalue weighted by molar-refractivity contribution is 7.47. The largest absolute Gasteiger partial charge is 0.472 e. The standard InChI is InChI=1S/C85H140O17P2/c1-5-9-13-17-21-25-29-32-35-37-39-41-44-47-51-54-58-62-66-70-83(88)96-76-81(102-85(90)72-68-64-60-56-52-48-45-42-40-38-36-33-30-26-22-18-14-10-6-2)78-100-104(93,94)98-74-79(86)73-97-103(91,92)99-77-80(101-84(89)71-67-63-59-55-49-28-24-20-16-12-8-4)75-95-82(87)69-65-61-57-53-50-46-43-34-31-27-23-19-15-11-7-3/h9-10,13-14,20-27,32-36,39-43,47,51,58,62,79-81,86H,5-8,11-12,15-19,28-31,37-38,44-46,48-50,52-57,59-61,63-78H2,1-4H3,(H,91,92)(H,93,94)/b13-9-,14-10-,24-20-,25-21-,26-22-,27-23-,35-32-,36-33-,41-39-,42-40-,43-34-,51-47-,62-58-. The molecule has 0 amide bonds. The lowest BCUT2D eigenvalue weighted by Crippen LogP contribution is -2.30. The van der Waals surface area contributed by atoms with Crippen molar-refractivity contribution in [1.82, 2.24) is 0 Å². The lowest BCUT2D eigenvalue weighted by molar-refractivity contribution is -0.161. The van der Waals surface area contributed by atoms with Gasteiger partial charge in [-0.2, -0.15) is 0 Å². The van der Waals surface area contributed by atoms with E-state index in [2.05, 4.69) is 167 Å². The van der Waals surface area contributed by atoms with Gasteiger partial charge < -0.3 is 33.8 Å². The van der Waals surface area contributed by atoms with Crippen molar-refractivity contribution >= 4 is 39.5 Å². The van der Waals surface area contributed by atoms with E-state index in [4.69, 9.17) is 37.0 Å². The molecule has 19 heteroatoms. The maximum absolute atomic E-state index is 13.1. The normalized spacial score (nSPS) is 14.7. The van der Waals surface area contributed by atoms with E-state index < -0.39 is 97.5 Å². The summed E-state index contributed by atoms with van der Waals surface area (Å²) in [5.74, 6) is -2.32. The number of unbranched alkanes of at least 4 members (excludes halogenated alkanes) is 21. The molecule has 5 unspecified atom stereocenters. The Bertz CT molecular complexity index is 2590. The van der Waals surface area contributed by atoms with Crippen molar-refractivity contribution in [1.29, 1.82) is 0 Å². The molecule has 0 fully saturated rings. The Balaban J connectivity index is 5.45. The summed E-state index contributed by atoms with van der Waals surface area (Å²) in [5, 5.41) is 10.6. The Morgan fingerprint density at radius 1 is 0.279 bits per heavy atom. The summed E-state index contributed by atoms with van der Waals surface area (Å²) in [5.41, 5.74) is 0. The Morgan fingerprint density at radius 3 is 0.865 bits per heavy atom. The molecule has 0 aliphatic rings. The van der Waals surface area contributed by atoms with Crippen molar-refractivity contribution in [2.75, 3.05) is 39.6 Å². The van der Waals surface area contributed by atoms with Gasteiger partial charge in [-0.1, -0.05) is 276 Å². The first-order valence-corrected chi connectivity index (χ1v) is 42.7. The number of carbonyl (C=O) groups is 4. The lowest BCUT2D eigenvalue weighted by atomic mass is 10.1. The summed E-state index contributed by atoms with van der Waals surface area (Å²) in [4.78, 5) is 72.9. The average Bonchev–Trinajstić information content (AvgIpc) is 0.928. The fourth-order valence-electron chi connectivity index (χ4n) is 9.95. The Morgan fingerprint density at radius 2 is 0.529 bits per heavy atom. The zero-order chi connectivity index (χ0) is 76.0. The number of ether oxygens (including phenoxy) is 4. The van der Waals surface area contributed by atoms with Crippen LogP contribution in [0, 0.1) is 0 Å². The van der Waals surface area contributed by atoms with Crippen molar-refractivity contribution in [3.63, 3.8) is 0 Å². The SMILES string of the molecule is CC/C=C\C/C=C\C/C=C\C/C=C\C/C=C\C/C=C\CCC(=O)OCC(COP(=O)(O)OCC(O)COP(=O)(O)OCC(COC(=O)CCCCCCC/C=C\C/C=C\CCCCC)OC(=O)CCCCCCC/C=C\CCCC)OC(=O)CCCCCCCC/C=C\C/C=C\C/C=C\C/C=C\CC. The molecule has 0 heterocycles. The number of carbonyl (C=O) groups excluding carboxylic acids is 4. The molecule has 0 bridgehead atoms. The van der Waals surface area contributed by atoms with Crippen LogP contribution in [-0.2, 0) is 65.4 Å². The minimum Gasteiger partial charge on any atom is -0.462 e. The number of allylic oxidation sites excluding steroid dienone is 26. The van der Waals surface area contributed by atoms with Gasteiger partial charge in [-0.3, -0.25) is 37.3 Å². The van der Waals surface area contributed by atoms with Gasteiger partial charge in [-0.05, 0) is 154 Å². The summed E-state index contributed by atoms with van der Waals surface area (Å²) in [6.45, 7) is 4.45. The Hall–Kier alpha value is -5.32. The molecule has 0 radical (unpaired) electrons. The summed E-state index contributed by atoms with van der Waals surface area (Å²) in [7, 11) is -9.99. The van der Waals surface area contributed by atoms with Crippen molar-refractivity contribution in [2.45, 2.75) is 316 Å². The topological polar surface area (TPSA) is 237 Å². The van der Waals surface area contributed by atoms with Gasteiger partial charge in [0, 0.05) is 25.7 Å². The van der Waals surface area contributed by atoms with E-state index in [1.807, 2.05) is 18.2 Å². The highest BCUT2D eigenvalue weighted by Gasteiger charge is 2.30. The molecule has 0 spiro atoms. The predicted octanol–water partition coefficient (Wildman–Crippen LogP) is 23.2. The minimum absolute atomic E-state index is 0.0273. The summed E-state index contributed by atoms with van der Waals surface area (Å²) in [6.07, 6.45) is 88.1. The van der Waals surface area contributed by atoms with Crippen LogP contribution in [-0.4, -0.2) is 96.7 Å². The van der Waals surface area contributed by atoms with Gasteiger partial charge in [0.25, 0.3) is 0 Å². The van der Waals surface area contributed by atoms with Crippen LogP contribution in [0.4, 0.5) is 0 Å². The second kappa shape index (κ2) is 75.9. The molecule has 0 aliphatic heterocycles. The molecule has 0 rings (SSSR count). The molecule has 0 aromatic carbocycles. The van der Waals surface area contributed by atoms with Crippen LogP contribution in [0.1, 0.15) is 297 Å². The smallest absolute Gasteiger partial charge is 0.462 e. The third-order valence-electron chi connectivity index (χ3n) is 16.0. The van der Waals surface area contributed by atoms with Gasteiger partial charge in [0.15, 0.2) is 12.2 Å². The number of phosphoric ester groups is 2. The third-order valence-corrected chi connectivity index (χ3v) is 17.9. The van der Waals surface area contributed by atoms with Crippen LogP contribution in [0.3, 0.4) is 0 Å². The van der Waals surface area contributed by atoms with Crippen molar-refractivity contribution in [3.05, 3.63) is 158 Å². The molecule has 5 atom stereocenters. The fourth-order valence-corrected chi connectivity index (χ4v) is 11.5. The number of hydrogen-bond acceptors (Lipinski definition) is 15. The van der Waals surface area contributed by atoms with Gasteiger partial charge in [0.2, 0.25) is 0 Å². The number of aliphatic hydroxyl groups is 1. The van der Waals surface area contributed by atoms with Gasteiger partial charge in [-0.25, -0.2) is 9.13 Å². The zero-order valence-corrected chi connectivity index (χ0v) is 66.4. The molecule has 3 N–H and O–H groups in total. The Labute approximate surface area is 629 Å². The van der Waals surface area contributed by atoms with E-state index >= 15 is 0 Å². The summed E-state index contributed by atoms with van der Waals surface area (Å²) in [6, 6.07) is 0. The monoisotopic (exact) mass is 1490 g/mol. The van der Waals surface area contributed by atoms with Crippen LogP contribution >= 0.6 is 15.6 Å². The molecule has 0 saturated carbocycles. The zero-order valence-electron chi connectivity index (χ0n) is 64.6. The second-order valence-electron chi connectivity index (χ2n) is 25.9. The fraction of sp³-hybridized carbons (Fsp3) is 0.647. The first-order valence-electron chi connectivity index (χ1n) is 39.7. The van der Waals surface area contributed by atoms with E-state index in [9.17, 15) is 43.2 Å². The molecule has 0 aromatic heterocycles. The van der Waals surface area contributed by atoms with Crippen molar-refractivity contribution < 1.29 is 80.2 Å². The maximum atomic E-state index is 13.1. The van der Waals surface area contributed by atoms with E-state index in [-0.39, 0.29) is 25.7 Å². The van der Waals surface area contributed by atoms with Crippen LogP contribution < -0.4 is 0 Å². The highest BCUT2D eigenvalue weighted by Crippen LogP contribution is 2.45. The van der Waals surface area contributed by atoms with Gasteiger partial charge in [0.05, 0.1) is 26.4 Å². The molecule has 17 nitrogen and oxygen atoms in total. The first kappa shape index (κ1) is 98.7.